The number of carbonyl (C=O) groups is 1. The summed E-state index contributed by atoms with van der Waals surface area (Å²) in [5, 5.41) is 8.95. The SMILES string of the molecule is CCC(C)(P(=O)(O)O)P(=O)(O)O.CCCNC(=O)CC.c1cn[nH]c1. The second-order valence-electron chi connectivity index (χ2n) is 5.13. The second kappa shape index (κ2) is 12.4. The van der Waals surface area contributed by atoms with Crippen LogP contribution < -0.4 is 5.32 Å². The smallest absolute Gasteiger partial charge is 0.343 e. The van der Waals surface area contributed by atoms with Crippen molar-refractivity contribution in [1.29, 1.82) is 0 Å². The first-order valence-electron chi connectivity index (χ1n) is 7.69. The Labute approximate surface area is 147 Å². The van der Waals surface area contributed by atoms with E-state index in [1.165, 1.54) is 6.92 Å². The van der Waals surface area contributed by atoms with E-state index in [4.69, 9.17) is 19.6 Å². The molecule has 0 unspecified atom stereocenters. The number of nitrogens with zero attached hydrogens (tertiary/aromatic N) is 1. The van der Waals surface area contributed by atoms with Gasteiger partial charge in [0.05, 0.1) is 0 Å². The van der Waals surface area contributed by atoms with E-state index in [-0.39, 0.29) is 12.3 Å². The van der Waals surface area contributed by atoms with E-state index >= 15 is 0 Å². The van der Waals surface area contributed by atoms with Gasteiger partial charge in [-0.2, -0.15) is 5.10 Å². The first-order chi connectivity index (χ1) is 11.4. The van der Waals surface area contributed by atoms with Gasteiger partial charge in [-0.25, -0.2) is 0 Å². The summed E-state index contributed by atoms with van der Waals surface area (Å²) in [5.74, 6) is 0.145. The minimum absolute atomic E-state index is 0.145. The van der Waals surface area contributed by atoms with Gasteiger partial charge in [-0.1, -0.05) is 20.8 Å². The van der Waals surface area contributed by atoms with E-state index in [0.717, 1.165) is 19.9 Å². The van der Waals surface area contributed by atoms with E-state index in [1.807, 2.05) is 19.9 Å². The van der Waals surface area contributed by atoms with E-state index in [9.17, 15) is 13.9 Å². The largest absolute Gasteiger partial charge is 0.356 e. The van der Waals surface area contributed by atoms with Crippen LogP contribution in [0.25, 0.3) is 0 Å². The molecule has 0 radical (unpaired) electrons. The molecule has 1 heterocycles. The molecular weight excluding hydrogens is 372 g/mol. The summed E-state index contributed by atoms with van der Waals surface area (Å²) < 4.78 is 21.5. The Morgan fingerprint density at radius 1 is 1.16 bits per heavy atom. The molecule has 1 aromatic rings. The summed E-state index contributed by atoms with van der Waals surface area (Å²) in [6, 6.07) is 1.83. The van der Waals surface area contributed by atoms with Crippen LogP contribution in [0.15, 0.2) is 18.5 Å². The van der Waals surface area contributed by atoms with E-state index < -0.39 is 20.1 Å². The van der Waals surface area contributed by atoms with Gasteiger partial charge in [0.25, 0.3) is 0 Å². The van der Waals surface area contributed by atoms with Gasteiger partial charge in [0, 0.05) is 25.4 Å². The average Bonchev–Trinajstić information content (AvgIpc) is 3.09. The Kier molecular flexibility index (Phi) is 13.0. The van der Waals surface area contributed by atoms with Gasteiger partial charge in [-0.15, -0.1) is 0 Å². The zero-order chi connectivity index (χ0) is 20.1. The van der Waals surface area contributed by atoms with Crippen molar-refractivity contribution in [1.82, 2.24) is 15.5 Å². The van der Waals surface area contributed by atoms with Crippen LogP contribution in [0.5, 0.6) is 0 Å². The first-order valence-corrected chi connectivity index (χ1v) is 10.9. The van der Waals surface area contributed by atoms with Crippen LogP contribution in [-0.4, -0.2) is 47.1 Å². The van der Waals surface area contributed by atoms with Gasteiger partial charge < -0.3 is 24.9 Å². The van der Waals surface area contributed by atoms with Crippen molar-refractivity contribution < 1.29 is 33.5 Å². The highest BCUT2D eigenvalue weighted by atomic mass is 31.2. The van der Waals surface area contributed by atoms with Crippen LogP contribution in [0.4, 0.5) is 0 Å². The number of aromatic nitrogens is 2. The quantitative estimate of drug-likeness (QED) is 0.391. The molecule has 148 valence electrons. The molecule has 1 aromatic heterocycles. The maximum Gasteiger partial charge on any atom is 0.343 e. The molecule has 1 amide bonds. The zero-order valence-electron chi connectivity index (χ0n) is 14.9. The third-order valence-corrected chi connectivity index (χ3v) is 7.93. The predicted octanol–water partition coefficient (Wildman–Crippen LogP) is 1.80. The highest BCUT2D eigenvalue weighted by molar-refractivity contribution is 7.72. The Hall–Kier alpha value is -1.02. The number of amides is 1. The lowest BCUT2D eigenvalue weighted by atomic mass is 10.4. The lowest BCUT2D eigenvalue weighted by Crippen LogP contribution is -2.23. The number of nitrogens with one attached hydrogen (secondary N) is 2. The molecule has 25 heavy (non-hydrogen) atoms. The lowest BCUT2D eigenvalue weighted by molar-refractivity contribution is -0.120. The van der Waals surface area contributed by atoms with Crippen LogP contribution >= 0.6 is 15.2 Å². The summed E-state index contributed by atoms with van der Waals surface area (Å²) in [7, 11) is -9.54. The highest BCUT2D eigenvalue weighted by Gasteiger charge is 2.54. The van der Waals surface area contributed by atoms with Gasteiger partial charge in [0.2, 0.25) is 5.91 Å². The van der Waals surface area contributed by atoms with Crippen LogP contribution in [0.1, 0.15) is 47.0 Å². The van der Waals surface area contributed by atoms with Crippen LogP contribution in [0.2, 0.25) is 0 Å². The molecule has 0 saturated heterocycles. The Bertz CT molecular complexity index is 515. The molecule has 0 aliphatic rings. The molecule has 0 aromatic carbocycles. The average molecular weight is 401 g/mol. The Morgan fingerprint density at radius 3 is 1.84 bits per heavy atom. The van der Waals surface area contributed by atoms with Crippen molar-refractivity contribution >= 4 is 21.1 Å². The van der Waals surface area contributed by atoms with E-state index in [1.54, 1.807) is 12.4 Å². The summed E-state index contributed by atoms with van der Waals surface area (Å²) in [4.78, 5) is 43.0. The molecule has 0 saturated carbocycles. The fraction of sp³-hybridized carbons (Fsp3) is 0.692. The van der Waals surface area contributed by atoms with Crippen LogP contribution in [0, 0.1) is 0 Å². The number of rotatable bonds is 6. The first kappa shape index (κ1) is 26.2. The maximum atomic E-state index is 10.7. The van der Waals surface area contributed by atoms with Crippen LogP contribution in [0.3, 0.4) is 0 Å². The molecule has 6 N–H and O–H groups in total. The molecular formula is C13H29N3O7P2. The summed E-state index contributed by atoms with van der Waals surface area (Å²) in [5.41, 5.74) is 0. The van der Waals surface area contributed by atoms with Crippen LogP contribution in [-0.2, 0) is 13.9 Å². The van der Waals surface area contributed by atoms with Gasteiger partial charge >= 0.3 is 15.2 Å². The highest BCUT2D eigenvalue weighted by Crippen LogP contribution is 2.70. The molecule has 0 fully saturated rings. The minimum Gasteiger partial charge on any atom is -0.356 e. The predicted molar refractivity (Wildman–Crippen MR) is 95.0 cm³/mol. The number of hydrogen-bond donors (Lipinski definition) is 6. The molecule has 10 nitrogen and oxygen atoms in total. The summed E-state index contributed by atoms with van der Waals surface area (Å²) >= 11 is 0. The fourth-order valence-corrected chi connectivity index (χ4v) is 3.37. The maximum absolute atomic E-state index is 10.7. The zero-order valence-corrected chi connectivity index (χ0v) is 16.7. The number of carbonyl (C=O) groups excluding carboxylic acids is 1. The van der Waals surface area contributed by atoms with Crippen molar-refractivity contribution in [3.05, 3.63) is 18.5 Å². The minimum atomic E-state index is -4.77. The Morgan fingerprint density at radius 2 is 1.68 bits per heavy atom. The molecule has 12 heteroatoms. The number of H-pyrrole nitrogens is 1. The summed E-state index contributed by atoms with van der Waals surface area (Å²) in [6.45, 7) is 6.90. The Balaban J connectivity index is 0. The molecule has 0 aliphatic heterocycles. The fourth-order valence-electron chi connectivity index (χ4n) is 1.19. The van der Waals surface area contributed by atoms with Crippen molar-refractivity contribution in [2.45, 2.75) is 51.9 Å². The van der Waals surface area contributed by atoms with Gasteiger partial charge in [-0.05, 0) is 25.8 Å². The van der Waals surface area contributed by atoms with Crippen molar-refractivity contribution in [2.75, 3.05) is 6.54 Å². The van der Waals surface area contributed by atoms with E-state index in [0.29, 0.717) is 6.42 Å². The van der Waals surface area contributed by atoms with Gasteiger partial charge in [0.15, 0.2) is 4.90 Å². The third-order valence-electron chi connectivity index (χ3n) is 3.22. The molecule has 0 aliphatic carbocycles. The molecule has 0 atom stereocenters. The van der Waals surface area contributed by atoms with E-state index in [2.05, 4.69) is 15.5 Å². The molecule has 0 spiro atoms. The van der Waals surface area contributed by atoms with Gasteiger partial charge in [-0.3, -0.25) is 19.0 Å². The summed E-state index contributed by atoms with van der Waals surface area (Å²) in [6.07, 6.45) is 4.80. The number of aromatic amines is 1. The standard InChI is InChI=1S/C6H13NO.C4H12O6P2.C3H4N2/c1-3-5-7-6(8)4-2;1-3-4(2,11(5,6)7)12(8,9)10;1-2-4-5-3-1/h3-5H2,1-2H3,(H,7,8);3H2,1-2H3,(H2,5,6,7)(H2,8,9,10);1-3H,(H,4,5). The van der Waals surface area contributed by atoms with Crippen molar-refractivity contribution in [3.63, 3.8) is 0 Å². The van der Waals surface area contributed by atoms with Crippen molar-refractivity contribution in [3.8, 4) is 0 Å². The topological polar surface area (TPSA) is 173 Å². The van der Waals surface area contributed by atoms with Crippen molar-refractivity contribution in [2.24, 2.45) is 0 Å². The van der Waals surface area contributed by atoms with Gasteiger partial charge in [0.1, 0.15) is 0 Å². The molecule has 1 rings (SSSR count). The molecule has 0 bridgehead atoms. The lowest BCUT2D eigenvalue weighted by Gasteiger charge is -2.29. The second-order valence-corrected chi connectivity index (χ2v) is 9.63. The monoisotopic (exact) mass is 401 g/mol. The number of hydrogen-bond acceptors (Lipinski definition) is 4. The third kappa shape index (κ3) is 10.5. The normalized spacial score (nSPS) is 11.5.